The lowest BCUT2D eigenvalue weighted by molar-refractivity contribution is 0.149. The first-order valence-electron chi connectivity index (χ1n) is 12.1. The Kier molecular flexibility index (Phi) is 6.98. The molecule has 2 aromatic carbocycles. The van der Waals surface area contributed by atoms with Crippen LogP contribution in [-0.4, -0.2) is 82.0 Å². The summed E-state index contributed by atoms with van der Waals surface area (Å²) in [5.41, 5.74) is 3.03. The fraction of sp³-hybridized carbons (Fsp3) is 0.423. The molecule has 2 saturated heterocycles. The number of epoxide rings is 1. The van der Waals surface area contributed by atoms with Crippen molar-refractivity contribution < 1.29 is 22.3 Å². The number of piperidine rings is 1. The number of hydrogen-bond donors (Lipinski definition) is 2. The lowest BCUT2D eigenvalue weighted by Gasteiger charge is -2.33. The zero-order valence-electron chi connectivity index (χ0n) is 21.0. The van der Waals surface area contributed by atoms with Crippen molar-refractivity contribution in [1.29, 1.82) is 0 Å². The van der Waals surface area contributed by atoms with E-state index >= 15 is 0 Å². The van der Waals surface area contributed by atoms with Crippen molar-refractivity contribution in [1.82, 2.24) is 14.7 Å². The number of alkyl halides is 1. The third kappa shape index (κ3) is 5.51. The van der Waals surface area contributed by atoms with Crippen molar-refractivity contribution in [2.75, 3.05) is 57.3 Å². The Labute approximate surface area is 215 Å². The van der Waals surface area contributed by atoms with E-state index in [4.69, 9.17) is 14.6 Å². The van der Waals surface area contributed by atoms with Crippen LogP contribution in [0.25, 0.3) is 10.9 Å². The molecule has 3 atom stereocenters. The van der Waals surface area contributed by atoms with Crippen molar-refractivity contribution in [3.63, 3.8) is 0 Å². The molecule has 0 unspecified atom stereocenters. The molecule has 5 rings (SSSR count). The van der Waals surface area contributed by atoms with Crippen LogP contribution in [0.5, 0.6) is 5.75 Å². The SMILES string of the molecule is COc1cc(S(C)(=O)=O)ccc1NCC#Cn1nc2c(N[C@@H]3CCN(C)C[C@@H]3F)cccc2c1[C@H]1CO1. The molecule has 11 heteroatoms. The van der Waals surface area contributed by atoms with E-state index < -0.39 is 16.0 Å². The van der Waals surface area contributed by atoms with Gasteiger partial charge in [-0.3, -0.25) is 0 Å². The predicted molar refractivity (Wildman–Crippen MR) is 141 cm³/mol. The van der Waals surface area contributed by atoms with Gasteiger partial charge in [-0.25, -0.2) is 12.8 Å². The second-order valence-corrected chi connectivity index (χ2v) is 11.4. The number of sulfone groups is 1. The molecular weight excluding hydrogens is 497 g/mol. The molecular formula is C26H30FN5O4S. The van der Waals surface area contributed by atoms with Gasteiger partial charge in [0.05, 0.1) is 48.3 Å². The standard InChI is InChI=1S/C26H30FN5O4S/c1-31-13-10-20(19(27)15-31)29-22-7-4-6-18-25(22)30-32(26(18)24-16-36-24)12-5-11-28-21-9-8-17(37(3,33)34)14-23(21)35-2/h4,6-9,14,19-20,24,28-29H,10-11,13,15-16H2,1-3H3/t19-,20+,24+/m0/s1. The Morgan fingerprint density at radius 2 is 2.08 bits per heavy atom. The lowest BCUT2D eigenvalue weighted by atomic mass is 10.0. The number of fused-ring (bicyclic) bond motifs is 1. The monoisotopic (exact) mass is 527 g/mol. The van der Waals surface area contributed by atoms with Crippen LogP contribution in [-0.2, 0) is 14.6 Å². The Hall–Kier alpha value is -3.33. The summed E-state index contributed by atoms with van der Waals surface area (Å²) in [6, 6.07) is 13.3. The summed E-state index contributed by atoms with van der Waals surface area (Å²) in [7, 11) is 0.0766. The summed E-state index contributed by atoms with van der Waals surface area (Å²) in [6.45, 7) is 2.12. The van der Waals surface area contributed by atoms with Gasteiger partial charge in [0, 0.05) is 36.8 Å². The molecule has 0 spiro atoms. The average molecular weight is 528 g/mol. The molecule has 3 aromatic rings. The third-order valence-corrected chi connectivity index (χ3v) is 7.73. The minimum atomic E-state index is -3.34. The molecule has 0 aliphatic carbocycles. The van der Waals surface area contributed by atoms with Crippen molar-refractivity contribution in [2.24, 2.45) is 0 Å². The van der Waals surface area contributed by atoms with E-state index in [2.05, 4.69) is 22.6 Å². The highest BCUT2D eigenvalue weighted by Crippen LogP contribution is 2.37. The van der Waals surface area contributed by atoms with Crippen molar-refractivity contribution in [3.8, 4) is 17.7 Å². The number of halogens is 1. The van der Waals surface area contributed by atoms with Gasteiger partial charge in [0.1, 0.15) is 23.5 Å². The molecule has 0 saturated carbocycles. The highest BCUT2D eigenvalue weighted by atomic mass is 32.2. The molecule has 37 heavy (non-hydrogen) atoms. The predicted octanol–water partition coefficient (Wildman–Crippen LogP) is 2.89. The minimum Gasteiger partial charge on any atom is -0.495 e. The van der Waals surface area contributed by atoms with Crippen molar-refractivity contribution in [2.45, 2.75) is 29.6 Å². The zero-order chi connectivity index (χ0) is 26.2. The largest absolute Gasteiger partial charge is 0.495 e. The Balaban J connectivity index is 1.37. The van der Waals surface area contributed by atoms with Gasteiger partial charge in [0.25, 0.3) is 0 Å². The summed E-state index contributed by atoms with van der Waals surface area (Å²) in [4.78, 5) is 2.18. The number of nitrogens with one attached hydrogen (secondary N) is 2. The molecule has 0 bridgehead atoms. The summed E-state index contributed by atoms with van der Waals surface area (Å²) >= 11 is 0. The summed E-state index contributed by atoms with van der Waals surface area (Å²) in [5.74, 6) is 3.48. The molecule has 0 radical (unpaired) electrons. The van der Waals surface area contributed by atoms with E-state index in [0.29, 0.717) is 31.0 Å². The highest BCUT2D eigenvalue weighted by Gasteiger charge is 2.33. The maximum Gasteiger partial charge on any atom is 0.175 e. The molecule has 9 nitrogen and oxygen atoms in total. The van der Waals surface area contributed by atoms with Crippen LogP contribution >= 0.6 is 0 Å². The van der Waals surface area contributed by atoms with Gasteiger partial charge in [0.15, 0.2) is 9.84 Å². The number of hydrogen-bond acceptors (Lipinski definition) is 8. The number of anilines is 2. The van der Waals surface area contributed by atoms with Gasteiger partial charge >= 0.3 is 0 Å². The maximum atomic E-state index is 14.7. The third-order valence-electron chi connectivity index (χ3n) is 6.62. The smallest absolute Gasteiger partial charge is 0.175 e. The quantitative estimate of drug-likeness (QED) is 0.357. The fourth-order valence-electron chi connectivity index (χ4n) is 4.56. The van der Waals surface area contributed by atoms with E-state index in [-0.39, 0.29) is 23.6 Å². The second kappa shape index (κ2) is 10.2. The summed E-state index contributed by atoms with van der Waals surface area (Å²) in [6.07, 6.45) is 0.827. The Morgan fingerprint density at radius 1 is 1.27 bits per heavy atom. The van der Waals surface area contributed by atoms with Crippen LogP contribution < -0.4 is 15.4 Å². The first-order valence-corrected chi connectivity index (χ1v) is 14.0. The Morgan fingerprint density at radius 3 is 2.78 bits per heavy atom. The normalized spacial score (nSPS) is 21.8. The van der Waals surface area contributed by atoms with E-state index in [1.165, 1.54) is 19.2 Å². The van der Waals surface area contributed by atoms with E-state index in [9.17, 15) is 12.8 Å². The summed E-state index contributed by atoms with van der Waals surface area (Å²) in [5, 5.41) is 12.2. The van der Waals surface area contributed by atoms with Crippen molar-refractivity contribution >= 4 is 32.1 Å². The molecule has 196 valence electrons. The van der Waals surface area contributed by atoms with Crippen LogP contribution in [0.4, 0.5) is 15.8 Å². The van der Waals surface area contributed by atoms with Crippen LogP contribution in [0, 0.1) is 12.0 Å². The number of aromatic nitrogens is 2. The fourth-order valence-corrected chi connectivity index (χ4v) is 5.20. The number of methoxy groups -OCH3 is 1. The van der Waals surface area contributed by atoms with Crippen LogP contribution in [0.1, 0.15) is 18.2 Å². The zero-order valence-corrected chi connectivity index (χ0v) is 21.8. The van der Waals surface area contributed by atoms with E-state index in [1.807, 2.05) is 30.1 Å². The molecule has 3 heterocycles. The van der Waals surface area contributed by atoms with Crippen LogP contribution in [0.2, 0.25) is 0 Å². The molecule has 2 N–H and O–H groups in total. The number of ether oxygens (including phenoxy) is 2. The molecule has 0 amide bonds. The van der Waals surface area contributed by atoms with Gasteiger partial charge in [-0.15, -0.1) is 0 Å². The Bertz CT molecular complexity index is 1480. The minimum absolute atomic E-state index is 0.0802. The van der Waals surface area contributed by atoms with Gasteiger partial charge < -0.3 is 25.0 Å². The van der Waals surface area contributed by atoms with Crippen LogP contribution in [0.3, 0.4) is 0 Å². The molecule has 1 aromatic heterocycles. The van der Waals surface area contributed by atoms with Gasteiger partial charge in [0.2, 0.25) is 0 Å². The number of rotatable bonds is 7. The van der Waals surface area contributed by atoms with Gasteiger partial charge in [-0.2, -0.15) is 9.78 Å². The topological polar surface area (TPSA) is 101 Å². The van der Waals surface area contributed by atoms with Crippen molar-refractivity contribution in [3.05, 3.63) is 42.1 Å². The van der Waals surface area contributed by atoms with Crippen LogP contribution in [0.15, 0.2) is 41.3 Å². The van der Waals surface area contributed by atoms with Gasteiger partial charge in [-0.05, 0) is 31.7 Å². The van der Waals surface area contributed by atoms with Gasteiger partial charge in [-0.1, -0.05) is 18.1 Å². The maximum absolute atomic E-state index is 14.7. The van der Waals surface area contributed by atoms with E-state index in [1.54, 1.807) is 10.7 Å². The van der Waals surface area contributed by atoms with E-state index in [0.717, 1.165) is 35.1 Å². The second-order valence-electron chi connectivity index (χ2n) is 9.41. The molecule has 2 aliphatic rings. The highest BCUT2D eigenvalue weighted by molar-refractivity contribution is 7.90. The summed E-state index contributed by atoms with van der Waals surface area (Å²) < 4.78 is 50.9. The number of nitrogens with zero attached hydrogens (tertiary/aromatic N) is 3. The average Bonchev–Trinajstić information content (AvgIpc) is 3.63. The first-order chi connectivity index (χ1) is 17.7. The first kappa shape index (κ1) is 25.3. The number of likely N-dealkylation sites (tertiary alicyclic amines) is 1. The molecule has 2 fully saturated rings. The lowest BCUT2D eigenvalue weighted by Crippen LogP contribution is -2.46. The number of benzene rings is 2. The molecule has 2 aliphatic heterocycles.